The van der Waals surface area contributed by atoms with Gasteiger partial charge in [0.2, 0.25) is 0 Å². The minimum atomic E-state index is -1.08. The molecule has 6 nitrogen and oxygen atoms in total. The first-order valence-corrected chi connectivity index (χ1v) is 5.23. The summed E-state index contributed by atoms with van der Waals surface area (Å²) >= 11 is 0. The third-order valence-corrected chi connectivity index (χ3v) is 3.27. The van der Waals surface area contributed by atoms with Crippen molar-refractivity contribution in [1.82, 2.24) is 15.3 Å². The minimum absolute atomic E-state index is 0.305. The molecule has 0 atom stereocenters. The fraction of sp³-hybridized carbons (Fsp3) is 0.545. The van der Waals surface area contributed by atoms with E-state index in [0.717, 1.165) is 0 Å². The Kier molecular flexibility index (Phi) is 3.26. The second kappa shape index (κ2) is 4.20. The number of H-pyrrole nitrogens is 1. The van der Waals surface area contributed by atoms with E-state index in [0.29, 0.717) is 5.69 Å². The highest BCUT2D eigenvalue weighted by Crippen LogP contribution is 2.30. The molecule has 3 N–H and O–H groups in total. The molecule has 0 fully saturated rings. The predicted octanol–water partition coefficient (Wildman–Crippen LogP) is 1.03. The van der Waals surface area contributed by atoms with Crippen molar-refractivity contribution in [3.8, 4) is 0 Å². The van der Waals surface area contributed by atoms with Gasteiger partial charge in [0.15, 0.2) is 0 Å². The van der Waals surface area contributed by atoms with Crippen molar-refractivity contribution in [2.75, 3.05) is 0 Å². The standard InChI is InChI=1S/C11H17N3O3/c1-10(2,9(16)17)11(3,4)14-8(15)7-5-12-6-13-7/h5-6H,1-4H3,(H,12,13)(H,14,15)(H,16,17). The molecule has 0 bridgehead atoms. The molecule has 1 aromatic rings. The molecular formula is C11H17N3O3. The number of aromatic amines is 1. The molecule has 0 saturated carbocycles. The van der Waals surface area contributed by atoms with Crippen molar-refractivity contribution in [3.05, 3.63) is 18.2 Å². The Hall–Kier alpha value is -1.85. The van der Waals surface area contributed by atoms with Crippen LogP contribution in [0.15, 0.2) is 12.5 Å². The third kappa shape index (κ3) is 2.46. The number of imidazole rings is 1. The van der Waals surface area contributed by atoms with Gasteiger partial charge in [-0.25, -0.2) is 4.98 Å². The molecule has 94 valence electrons. The summed E-state index contributed by atoms with van der Waals surface area (Å²) < 4.78 is 0. The molecular weight excluding hydrogens is 222 g/mol. The van der Waals surface area contributed by atoms with Crippen LogP contribution in [0.5, 0.6) is 0 Å². The van der Waals surface area contributed by atoms with Crippen molar-refractivity contribution >= 4 is 11.9 Å². The smallest absolute Gasteiger partial charge is 0.311 e. The summed E-state index contributed by atoms with van der Waals surface area (Å²) in [5.74, 6) is -1.34. The molecule has 0 aliphatic heterocycles. The Bertz CT molecular complexity index is 421. The van der Waals surface area contributed by atoms with Gasteiger partial charge >= 0.3 is 5.97 Å². The van der Waals surface area contributed by atoms with Gasteiger partial charge in [-0.05, 0) is 27.7 Å². The molecule has 0 spiro atoms. The van der Waals surface area contributed by atoms with Crippen LogP contribution in [0.4, 0.5) is 0 Å². The SMILES string of the molecule is CC(C)(NC(=O)c1cnc[nH]1)C(C)(C)C(=O)O. The normalized spacial score (nSPS) is 12.2. The number of hydrogen-bond acceptors (Lipinski definition) is 3. The number of carboxylic acids is 1. The molecule has 0 aromatic carbocycles. The highest BCUT2D eigenvalue weighted by Gasteiger charge is 2.44. The maximum atomic E-state index is 11.8. The Morgan fingerprint density at radius 2 is 1.94 bits per heavy atom. The molecule has 6 heteroatoms. The number of carboxylic acid groups (broad SMARTS) is 1. The van der Waals surface area contributed by atoms with Gasteiger partial charge in [-0.15, -0.1) is 0 Å². The molecule has 0 radical (unpaired) electrons. The summed E-state index contributed by atoms with van der Waals surface area (Å²) in [5, 5.41) is 11.8. The van der Waals surface area contributed by atoms with E-state index in [4.69, 9.17) is 5.11 Å². The first-order valence-electron chi connectivity index (χ1n) is 5.23. The van der Waals surface area contributed by atoms with Crippen molar-refractivity contribution in [2.24, 2.45) is 5.41 Å². The minimum Gasteiger partial charge on any atom is -0.481 e. The first-order chi connectivity index (χ1) is 7.68. The van der Waals surface area contributed by atoms with E-state index in [1.54, 1.807) is 27.7 Å². The van der Waals surface area contributed by atoms with Gasteiger partial charge in [0.05, 0.1) is 23.5 Å². The maximum Gasteiger partial charge on any atom is 0.311 e. The van der Waals surface area contributed by atoms with Crippen LogP contribution in [-0.4, -0.2) is 32.5 Å². The number of hydrogen-bond donors (Lipinski definition) is 3. The zero-order valence-corrected chi connectivity index (χ0v) is 10.4. The van der Waals surface area contributed by atoms with E-state index in [1.807, 2.05) is 0 Å². The predicted molar refractivity (Wildman–Crippen MR) is 61.5 cm³/mol. The van der Waals surface area contributed by atoms with Crippen molar-refractivity contribution in [3.63, 3.8) is 0 Å². The van der Waals surface area contributed by atoms with Gasteiger partial charge in [0, 0.05) is 0 Å². The maximum absolute atomic E-state index is 11.8. The summed E-state index contributed by atoms with van der Waals surface area (Å²) in [7, 11) is 0. The summed E-state index contributed by atoms with van der Waals surface area (Å²) in [6.07, 6.45) is 2.78. The molecule has 1 aromatic heterocycles. The lowest BCUT2D eigenvalue weighted by Gasteiger charge is -2.38. The molecule has 0 aliphatic carbocycles. The molecule has 1 rings (SSSR count). The largest absolute Gasteiger partial charge is 0.481 e. The number of nitrogens with zero attached hydrogens (tertiary/aromatic N) is 1. The molecule has 0 saturated heterocycles. The molecule has 17 heavy (non-hydrogen) atoms. The number of carbonyl (C=O) groups is 2. The second-order valence-corrected chi connectivity index (χ2v) is 4.97. The van der Waals surface area contributed by atoms with Gasteiger partial charge in [-0.1, -0.05) is 0 Å². The van der Waals surface area contributed by atoms with Crippen LogP contribution < -0.4 is 5.32 Å². The number of amides is 1. The monoisotopic (exact) mass is 239 g/mol. The number of aromatic nitrogens is 2. The molecule has 0 unspecified atom stereocenters. The van der Waals surface area contributed by atoms with E-state index in [9.17, 15) is 9.59 Å². The van der Waals surface area contributed by atoms with Crippen LogP contribution in [0.25, 0.3) is 0 Å². The lowest BCUT2D eigenvalue weighted by molar-refractivity contribution is -0.150. The highest BCUT2D eigenvalue weighted by molar-refractivity contribution is 5.93. The van der Waals surface area contributed by atoms with Crippen LogP contribution >= 0.6 is 0 Å². The zero-order chi connectivity index (χ0) is 13.3. The topological polar surface area (TPSA) is 95.1 Å². The quantitative estimate of drug-likeness (QED) is 0.731. The molecule has 1 heterocycles. The lowest BCUT2D eigenvalue weighted by atomic mass is 9.74. The van der Waals surface area contributed by atoms with Gasteiger partial charge in [-0.3, -0.25) is 9.59 Å². The van der Waals surface area contributed by atoms with Crippen LogP contribution in [0.2, 0.25) is 0 Å². The summed E-state index contributed by atoms with van der Waals surface area (Å²) in [5.41, 5.74) is -1.66. The second-order valence-electron chi connectivity index (χ2n) is 4.97. The Morgan fingerprint density at radius 3 is 2.35 bits per heavy atom. The summed E-state index contributed by atoms with van der Waals surface area (Å²) in [6.45, 7) is 6.50. The van der Waals surface area contributed by atoms with Crippen LogP contribution in [-0.2, 0) is 4.79 Å². The van der Waals surface area contributed by atoms with E-state index < -0.39 is 16.9 Å². The van der Waals surface area contributed by atoms with Crippen LogP contribution in [0.1, 0.15) is 38.2 Å². The van der Waals surface area contributed by atoms with Gasteiger partial charge < -0.3 is 15.4 Å². The lowest BCUT2D eigenvalue weighted by Crippen LogP contribution is -2.57. The summed E-state index contributed by atoms with van der Waals surface area (Å²) in [6, 6.07) is 0. The third-order valence-electron chi connectivity index (χ3n) is 3.27. The van der Waals surface area contributed by atoms with Crippen molar-refractivity contribution < 1.29 is 14.7 Å². The van der Waals surface area contributed by atoms with E-state index in [1.165, 1.54) is 12.5 Å². The molecule has 1 amide bonds. The number of rotatable bonds is 4. The fourth-order valence-electron chi connectivity index (χ4n) is 1.15. The Balaban J connectivity index is 2.87. The van der Waals surface area contributed by atoms with E-state index in [2.05, 4.69) is 15.3 Å². The van der Waals surface area contributed by atoms with E-state index in [-0.39, 0.29) is 5.91 Å². The fourth-order valence-corrected chi connectivity index (χ4v) is 1.15. The summed E-state index contributed by atoms with van der Waals surface area (Å²) in [4.78, 5) is 29.4. The number of aliphatic carboxylic acids is 1. The molecule has 0 aliphatic rings. The van der Waals surface area contributed by atoms with Gasteiger partial charge in [0.25, 0.3) is 5.91 Å². The highest BCUT2D eigenvalue weighted by atomic mass is 16.4. The Morgan fingerprint density at radius 1 is 1.35 bits per heavy atom. The van der Waals surface area contributed by atoms with Crippen molar-refractivity contribution in [2.45, 2.75) is 33.2 Å². The number of nitrogens with one attached hydrogen (secondary N) is 2. The van der Waals surface area contributed by atoms with Gasteiger partial charge in [-0.2, -0.15) is 0 Å². The average molecular weight is 239 g/mol. The zero-order valence-electron chi connectivity index (χ0n) is 10.4. The first kappa shape index (κ1) is 13.2. The Labute approximate surface area is 99.4 Å². The van der Waals surface area contributed by atoms with Crippen LogP contribution in [0.3, 0.4) is 0 Å². The van der Waals surface area contributed by atoms with Crippen LogP contribution in [0, 0.1) is 5.41 Å². The van der Waals surface area contributed by atoms with Crippen molar-refractivity contribution in [1.29, 1.82) is 0 Å². The van der Waals surface area contributed by atoms with Gasteiger partial charge in [0.1, 0.15) is 5.69 Å². The number of carbonyl (C=O) groups excluding carboxylic acids is 1. The van der Waals surface area contributed by atoms with E-state index >= 15 is 0 Å². The average Bonchev–Trinajstić information content (AvgIpc) is 2.68.